The van der Waals surface area contributed by atoms with E-state index >= 15 is 0 Å². The lowest BCUT2D eigenvalue weighted by atomic mass is 9.85. The third-order valence-corrected chi connectivity index (χ3v) is 5.62. The second-order valence-electron chi connectivity index (χ2n) is 9.32. The summed E-state index contributed by atoms with van der Waals surface area (Å²) in [6.07, 6.45) is 1.97. The van der Waals surface area contributed by atoms with Crippen LogP contribution < -0.4 is 0 Å². The molecule has 5 heteroatoms. The second-order valence-corrected chi connectivity index (χ2v) is 9.75. The molecular formula is C23H27ClN4. The Balaban J connectivity index is 1.55. The zero-order valence-electron chi connectivity index (χ0n) is 17.2. The maximum Gasteiger partial charge on any atom is 0.112 e. The maximum absolute atomic E-state index is 6.11. The highest BCUT2D eigenvalue weighted by Gasteiger charge is 2.25. The lowest BCUT2D eigenvalue weighted by molar-refractivity contribution is 0.456. The first-order valence-corrected chi connectivity index (χ1v) is 10.1. The molecule has 0 spiro atoms. The van der Waals surface area contributed by atoms with Crippen molar-refractivity contribution in [3.8, 4) is 0 Å². The Labute approximate surface area is 170 Å². The number of hydrogen-bond acceptors (Lipinski definition) is 2. The van der Waals surface area contributed by atoms with Gasteiger partial charge in [-0.2, -0.15) is 0 Å². The number of fused-ring (bicyclic) bond motifs is 2. The van der Waals surface area contributed by atoms with Crippen molar-refractivity contribution in [2.75, 3.05) is 0 Å². The highest BCUT2D eigenvalue weighted by atomic mass is 35.5. The van der Waals surface area contributed by atoms with Crippen LogP contribution in [0.5, 0.6) is 0 Å². The van der Waals surface area contributed by atoms with Crippen LogP contribution in [0.2, 0.25) is 5.02 Å². The monoisotopic (exact) mass is 394 g/mol. The second kappa shape index (κ2) is 6.63. The standard InChI is InChI=1S/C23H27ClN4/c1-22(2,3)20-25-16-8-6-14(12-18(16)27-20)10-11-23(4,5)21-26-17-9-7-15(24)13-19(17)28-21/h6-9,12-13H,10-11H2,1-5H3,(H,25,27)(H,26,28). The Kier molecular flexibility index (Phi) is 4.50. The number of nitrogens with one attached hydrogen (secondary N) is 2. The van der Waals surface area contributed by atoms with E-state index in [0.29, 0.717) is 0 Å². The van der Waals surface area contributed by atoms with Crippen LogP contribution in [0.4, 0.5) is 0 Å². The van der Waals surface area contributed by atoms with Gasteiger partial charge in [-0.15, -0.1) is 0 Å². The van der Waals surface area contributed by atoms with E-state index in [2.05, 4.69) is 62.8 Å². The molecule has 2 aromatic carbocycles. The summed E-state index contributed by atoms with van der Waals surface area (Å²) in [5.41, 5.74) is 5.35. The summed E-state index contributed by atoms with van der Waals surface area (Å²) >= 11 is 6.11. The summed E-state index contributed by atoms with van der Waals surface area (Å²) in [4.78, 5) is 16.5. The summed E-state index contributed by atoms with van der Waals surface area (Å²) in [5, 5.41) is 0.725. The number of H-pyrrole nitrogens is 2. The quantitative estimate of drug-likeness (QED) is 0.426. The highest BCUT2D eigenvalue weighted by molar-refractivity contribution is 6.31. The Bertz CT molecular complexity index is 1140. The van der Waals surface area contributed by atoms with Crippen LogP contribution in [0.3, 0.4) is 0 Å². The van der Waals surface area contributed by atoms with Gasteiger partial charge in [0.1, 0.15) is 11.6 Å². The van der Waals surface area contributed by atoms with E-state index in [4.69, 9.17) is 21.6 Å². The third-order valence-electron chi connectivity index (χ3n) is 5.38. The van der Waals surface area contributed by atoms with Gasteiger partial charge in [-0.1, -0.05) is 52.3 Å². The summed E-state index contributed by atoms with van der Waals surface area (Å²) in [7, 11) is 0. The van der Waals surface area contributed by atoms with E-state index in [1.165, 1.54) is 5.56 Å². The first-order chi connectivity index (χ1) is 13.1. The van der Waals surface area contributed by atoms with Crippen molar-refractivity contribution in [1.82, 2.24) is 19.9 Å². The molecule has 0 aliphatic carbocycles. The third kappa shape index (κ3) is 3.66. The van der Waals surface area contributed by atoms with E-state index < -0.39 is 0 Å². The van der Waals surface area contributed by atoms with Gasteiger partial charge >= 0.3 is 0 Å². The molecule has 28 heavy (non-hydrogen) atoms. The van der Waals surface area contributed by atoms with E-state index in [-0.39, 0.29) is 10.8 Å². The lowest BCUT2D eigenvalue weighted by Gasteiger charge is -2.22. The molecule has 0 fully saturated rings. The fraction of sp³-hybridized carbons (Fsp3) is 0.391. The van der Waals surface area contributed by atoms with Crippen molar-refractivity contribution in [3.63, 3.8) is 0 Å². The van der Waals surface area contributed by atoms with Gasteiger partial charge in [-0.3, -0.25) is 0 Å². The number of benzene rings is 2. The van der Waals surface area contributed by atoms with Gasteiger partial charge < -0.3 is 9.97 Å². The first-order valence-electron chi connectivity index (χ1n) is 9.77. The Morgan fingerprint density at radius 2 is 1.43 bits per heavy atom. The van der Waals surface area contributed by atoms with Crippen molar-refractivity contribution in [2.45, 2.75) is 58.3 Å². The molecule has 2 N–H and O–H groups in total. The Hall–Kier alpha value is -2.33. The van der Waals surface area contributed by atoms with E-state index in [1.807, 2.05) is 18.2 Å². The molecule has 4 nitrogen and oxygen atoms in total. The molecule has 0 saturated carbocycles. The van der Waals surface area contributed by atoms with Crippen LogP contribution in [-0.4, -0.2) is 19.9 Å². The fourth-order valence-corrected chi connectivity index (χ4v) is 3.62. The first kappa shape index (κ1) is 19.0. The normalized spacial score (nSPS) is 12.9. The molecule has 0 saturated heterocycles. The molecule has 0 atom stereocenters. The van der Waals surface area contributed by atoms with Gasteiger partial charge in [0.2, 0.25) is 0 Å². The lowest BCUT2D eigenvalue weighted by Crippen LogP contribution is -2.20. The largest absolute Gasteiger partial charge is 0.342 e. The van der Waals surface area contributed by atoms with Crippen LogP contribution in [-0.2, 0) is 17.3 Å². The van der Waals surface area contributed by atoms with Gasteiger partial charge in [0.15, 0.2) is 0 Å². The van der Waals surface area contributed by atoms with Crippen molar-refractivity contribution in [2.24, 2.45) is 0 Å². The predicted molar refractivity (Wildman–Crippen MR) is 117 cm³/mol. The van der Waals surface area contributed by atoms with Crippen LogP contribution in [0.25, 0.3) is 22.1 Å². The minimum atomic E-state index is -0.0645. The van der Waals surface area contributed by atoms with Crippen molar-refractivity contribution in [1.29, 1.82) is 0 Å². The number of halogens is 1. The average molecular weight is 395 g/mol. The van der Waals surface area contributed by atoms with Crippen molar-refractivity contribution >= 4 is 33.7 Å². The van der Waals surface area contributed by atoms with Gasteiger partial charge in [0.05, 0.1) is 22.1 Å². The van der Waals surface area contributed by atoms with Gasteiger partial charge in [0.25, 0.3) is 0 Å². The number of aryl methyl sites for hydroxylation is 1. The number of aromatic amines is 2. The van der Waals surface area contributed by atoms with E-state index in [1.54, 1.807) is 0 Å². The van der Waals surface area contributed by atoms with Crippen molar-refractivity contribution in [3.05, 3.63) is 58.6 Å². The highest BCUT2D eigenvalue weighted by Crippen LogP contribution is 2.30. The molecule has 4 rings (SSSR count). The summed E-state index contributed by atoms with van der Waals surface area (Å²) < 4.78 is 0. The fourth-order valence-electron chi connectivity index (χ4n) is 3.45. The molecule has 146 valence electrons. The Morgan fingerprint density at radius 1 is 0.821 bits per heavy atom. The predicted octanol–water partition coefficient (Wildman–Crippen LogP) is 6.30. The van der Waals surface area contributed by atoms with Gasteiger partial charge in [-0.05, 0) is 48.7 Å². The van der Waals surface area contributed by atoms with Crippen LogP contribution in [0.15, 0.2) is 36.4 Å². The van der Waals surface area contributed by atoms with E-state index in [0.717, 1.165) is 51.6 Å². The molecule has 0 aliphatic heterocycles. The number of rotatable bonds is 4. The number of aromatic nitrogens is 4. The molecule has 2 heterocycles. The molecule has 2 aromatic heterocycles. The average Bonchev–Trinajstić information content (AvgIpc) is 3.23. The van der Waals surface area contributed by atoms with Gasteiger partial charge in [-0.25, -0.2) is 9.97 Å². The van der Waals surface area contributed by atoms with Crippen LogP contribution in [0, 0.1) is 0 Å². The minimum absolute atomic E-state index is 0.0192. The summed E-state index contributed by atoms with van der Waals surface area (Å²) in [6.45, 7) is 11.0. The molecule has 4 aromatic rings. The minimum Gasteiger partial charge on any atom is -0.342 e. The number of nitrogens with zero attached hydrogens (tertiary/aromatic N) is 2. The number of hydrogen-bond donors (Lipinski definition) is 2. The smallest absolute Gasteiger partial charge is 0.112 e. The SMILES string of the molecule is CC(C)(C)c1nc2ccc(CCC(C)(C)c3nc4ccc(Cl)cc4[nH]3)cc2[nH]1. The zero-order chi connectivity index (χ0) is 20.1. The van der Waals surface area contributed by atoms with E-state index in [9.17, 15) is 0 Å². The summed E-state index contributed by atoms with van der Waals surface area (Å²) in [5.74, 6) is 2.03. The van der Waals surface area contributed by atoms with Gasteiger partial charge in [0, 0.05) is 15.9 Å². The molecule has 0 aliphatic rings. The number of imidazole rings is 2. The Morgan fingerprint density at radius 3 is 2.14 bits per heavy atom. The van der Waals surface area contributed by atoms with Crippen LogP contribution in [0.1, 0.15) is 58.3 Å². The molecule has 0 radical (unpaired) electrons. The molecule has 0 bridgehead atoms. The van der Waals surface area contributed by atoms with Crippen molar-refractivity contribution < 1.29 is 0 Å². The molecular weight excluding hydrogens is 368 g/mol. The maximum atomic E-state index is 6.11. The van der Waals surface area contributed by atoms with Crippen LogP contribution >= 0.6 is 11.6 Å². The topological polar surface area (TPSA) is 57.4 Å². The molecule has 0 unspecified atom stereocenters. The molecule has 0 amide bonds. The summed E-state index contributed by atoms with van der Waals surface area (Å²) in [6, 6.07) is 12.3. The zero-order valence-corrected chi connectivity index (χ0v) is 17.9.